The zero-order valence-electron chi connectivity index (χ0n) is 22.6. The Labute approximate surface area is 204 Å². The molecule has 2 unspecified atom stereocenters. The van der Waals surface area contributed by atoms with E-state index in [2.05, 4.69) is 41.5 Å². The maximum atomic E-state index is 10.7. The molecule has 5 fully saturated rings. The molecule has 0 heterocycles. The van der Waals surface area contributed by atoms with Gasteiger partial charge in [-0.25, -0.2) is 0 Å². The second kappa shape index (κ2) is 7.69. The predicted molar refractivity (Wildman–Crippen MR) is 137 cm³/mol. The first-order chi connectivity index (χ1) is 15.4. The molecule has 5 saturated carbocycles. The second-order valence-corrected chi connectivity index (χ2v) is 15.1. The minimum Gasteiger partial charge on any atom is -0.396 e. The van der Waals surface area contributed by atoms with Gasteiger partial charge in [-0.05, 0) is 133 Å². The Balaban J connectivity index is 1.54. The van der Waals surface area contributed by atoms with Crippen molar-refractivity contribution in [3.8, 4) is 0 Å². The van der Waals surface area contributed by atoms with Crippen LogP contribution in [0.5, 0.6) is 0 Å². The minimum atomic E-state index is 0.169. The molecule has 5 aliphatic carbocycles. The molecule has 5 aliphatic rings. The highest BCUT2D eigenvalue weighted by atomic mass is 16.3. The van der Waals surface area contributed by atoms with Crippen LogP contribution >= 0.6 is 0 Å². The molecule has 190 valence electrons. The molecule has 0 amide bonds. The van der Waals surface area contributed by atoms with Crippen molar-refractivity contribution in [3.63, 3.8) is 0 Å². The summed E-state index contributed by atoms with van der Waals surface area (Å²) in [5.74, 6) is 4.25. The van der Waals surface area contributed by atoms with Crippen LogP contribution in [-0.2, 0) is 0 Å². The van der Waals surface area contributed by atoms with Gasteiger partial charge in [-0.1, -0.05) is 41.5 Å². The molecule has 3 heteroatoms. The minimum absolute atomic E-state index is 0.169. The first kappa shape index (κ1) is 24.6. The third-order valence-electron chi connectivity index (χ3n) is 14.2. The van der Waals surface area contributed by atoms with Crippen LogP contribution in [0.15, 0.2) is 0 Å². The average Bonchev–Trinajstić information content (AvgIpc) is 3.17. The summed E-state index contributed by atoms with van der Waals surface area (Å²) < 4.78 is 0. The van der Waals surface area contributed by atoms with Crippen LogP contribution in [0.1, 0.15) is 106 Å². The molecular formula is C30H54N2O. The number of hydrogen-bond acceptors (Lipinski definition) is 3. The lowest BCUT2D eigenvalue weighted by Crippen LogP contribution is -2.67. The molecule has 0 aliphatic heterocycles. The largest absolute Gasteiger partial charge is 0.396 e. The van der Waals surface area contributed by atoms with Crippen molar-refractivity contribution < 1.29 is 5.11 Å². The molecule has 5 rings (SSSR count). The second-order valence-electron chi connectivity index (χ2n) is 15.1. The fourth-order valence-electron chi connectivity index (χ4n) is 11.9. The predicted octanol–water partition coefficient (Wildman–Crippen LogP) is 5.98. The molecule has 3 nitrogen and oxygen atoms in total. The molecule has 0 bridgehead atoms. The monoisotopic (exact) mass is 458 g/mol. The van der Waals surface area contributed by atoms with Crippen LogP contribution in [-0.4, -0.2) is 24.3 Å². The average molecular weight is 459 g/mol. The van der Waals surface area contributed by atoms with Gasteiger partial charge >= 0.3 is 0 Å². The first-order valence-corrected chi connectivity index (χ1v) is 14.5. The van der Waals surface area contributed by atoms with E-state index in [1.807, 2.05) is 0 Å². The Hall–Kier alpha value is -0.120. The summed E-state index contributed by atoms with van der Waals surface area (Å²) in [6, 6.07) is 0.351. The Bertz CT molecular complexity index is 766. The van der Waals surface area contributed by atoms with Crippen LogP contribution in [0, 0.1) is 62.6 Å². The van der Waals surface area contributed by atoms with Crippen molar-refractivity contribution in [2.75, 3.05) is 13.2 Å². The lowest BCUT2D eigenvalue weighted by Gasteiger charge is -2.73. The molecule has 5 N–H and O–H groups in total. The Morgan fingerprint density at radius 3 is 2.21 bits per heavy atom. The number of aliphatic hydroxyl groups excluding tert-OH is 1. The number of nitrogens with two attached hydrogens (primary N) is 2. The number of hydrogen-bond donors (Lipinski definition) is 3. The van der Waals surface area contributed by atoms with Gasteiger partial charge in [-0.3, -0.25) is 0 Å². The van der Waals surface area contributed by atoms with E-state index in [9.17, 15) is 5.11 Å². The fourth-order valence-corrected chi connectivity index (χ4v) is 11.9. The molecule has 0 aromatic carbocycles. The molecular weight excluding hydrogens is 404 g/mol. The Morgan fingerprint density at radius 2 is 1.55 bits per heavy atom. The third-order valence-corrected chi connectivity index (χ3v) is 14.2. The lowest BCUT2D eigenvalue weighted by molar-refractivity contribution is -0.242. The number of rotatable bonds is 3. The van der Waals surface area contributed by atoms with Gasteiger partial charge in [0.2, 0.25) is 0 Å². The highest BCUT2D eigenvalue weighted by molar-refractivity contribution is 5.19. The third kappa shape index (κ3) is 2.97. The SMILES string of the molecule is CC(CN)[C@@H]1CC[C@]2(CO)CC[C@]3(C)[C@H](CC[C@@H]4[C@@]5(C)CCC(N)C(C)(C)[C@@H]5CC[C@]43C)[C@@H]12. The number of fused-ring (bicyclic) bond motifs is 7. The summed E-state index contributed by atoms with van der Waals surface area (Å²) in [5, 5.41) is 10.7. The van der Waals surface area contributed by atoms with Gasteiger partial charge in [0.1, 0.15) is 0 Å². The zero-order chi connectivity index (χ0) is 24.0. The maximum Gasteiger partial charge on any atom is 0.0490 e. The van der Waals surface area contributed by atoms with Gasteiger partial charge in [-0.15, -0.1) is 0 Å². The molecule has 0 radical (unpaired) electrons. The highest BCUT2D eigenvalue weighted by Crippen LogP contribution is 2.77. The zero-order valence-corrected chi connectivity index (χ0v) is 22.6. The van der Waals surface area contributed by atoms with Crippen molar-refractivity contribution in [1.29, 1.82) is 0 Å². The van der Waals surface area contributed by atoms with Gasteiger partial charge in [0.15, 0.2) is 0 Å². The van der Waals surface area contributed by atoms with Gasteiger partial charge < -0.3 is 16.6 Å². The summed E-state index contributed by atoms with van der Waals surface area (Å²) in [6.45, 7) is 16.6. The van der Waals surface area contributed by atoms with Crippen LogP contribution in [0.2, 0.25) is 0 Å². The van der Waals surface area contributed by atoms with Crippen LogP contribution in [0.4, 0.5) is 0 Å². The van der Waals surface area contributed by atoms with E-state index in [0.717, 1.165) is 24.3 Å². The standard InChI is InChI=1S/C30H54N2O/c1-19(17-31)20-9-14-30(18-33)16-15-28(5)21(25(20)30)7-8-23-27(4)12-11-24(32)26(2,3)22(27)10-13-29(23,28)6/h19-25,33H,7-18,31-32H2,1-6H3/t19?,20-,21+,22-,23+,24?,25+,27-,28+,29+,30+/m0/s1. The summed E-state index contributed by atoms with van der Waals surface area (Å²) in [5.41, 5.74) is 14.6. The molecule has 11 atom stereocenters. The summed E-state index contributed by atoms with van der Waals surface area (Å²) in [4.78, 5) is 0. The first-order valence-electron chi connectivity index (χ1n) is 14.5. The van der Waals surface area contributed by atoms with E-state index in [0.29, 0.717) is 46.6 Å². The van der Waals surface area contributed by atoms with Crippen LogP contribution < -0.4 is 11.5 Å². The molecule has 33 heavy (non-hydrogen) atoms. The summed E-state index contributed by atoms with van der Waals surface area (Å²) >= 11 is 0. The molecule has 0 aromatic rings. The van der Waals surface area contributed by atoms with E-state index >= 15 is 0 Å². The Morgan fingerprint density at radius 1 is 0.818 bits per heavy atom. The lowest BCUT2D eigenvalue weighted by atomic mass is 9.32. The van der Waals surface area contributed by atoms with Gasteiger partial charge in [-0.2, -0.15) is 0 Å². The topological polar surface area (TPSA) is 72.3 Å². The van der Waals surface area contributed by atoms with Crippen molar-refractivity contribution in [2.24, 2.45) is 74.0 Å². The van der Waals surface area contributed by atoms with E-state index in [1.165, 1.54) is 64.2 Å². The highest BCUT2D eigenvalue weighted by Gasteiger charge is 2.70. The normalized spacial score (nSPS) is 56.3. The van der Waals surface area contributed by atoms with Crippen LogP contribution in [0.3, 0.4) is 0 Å². The van der Waals surface area contributed by atoms with Crippen molar-refractivity contribution >= 4 is 0 Å². The van der Waals surface area contributed by atoms with E-state index in [4.69, 9.17) is 11.5 Å². The van der Waals surface area contributed by atoms with Gasteiger partial charge in [0.25, 0.3) is 0 Å². The van der Waals surface area contributed by atoms with E-state index in [-0.39, 0.29) is 10.8 Å². The smallest absolute Gasteiger partial charge is 0.0490 e. The molecule has 0 aromatic heterocycles. The quantitative estimate of drug-likeness (QED) is 0.487. The molecule has 0 saturated heterocycles. The number of aliphatic hydroxyl groups is 1. The van der Waals surface area contributed by atoms with Crippen molar-refractivity contribution in [1.82, 2.24) is 0 Å². The van der Waals surface area contributed by atoms with E-state index < -0.39 is 0 Å². The summed E-state index contributed by atoms with van der Waals surface area (Å²) in [7, 11) is 0. The fraction of sp³-hybridized carbons (Fsp3) is 1.00. The summed E-state index contributed by atoms with van der Waals surface area (Å²) in [6.07, 6.45) is 13.0. The van der Waals surface area contributed by atoms with Crippen molar-refractivity contribution in [3.05, 3.63) is 0 Å². The van der Waals surface area contributed by atoms with Crippen LogP contribution in [0.25, 0.3) is 0 Å². The Kier molecular flexibility index (Phi) is 5.72. The van der Waals surface area contributed by atoms with E-state index in [1.54, 1.807) is 0 Å². The van der Waals surface area contributed by atoms with Gasteiger partial charge in [0, 0.05) is 12.6 Å². The van der Waals surface area contributed by atoms with Crippen molar-refractivity contribution in [2.45, 2.75) is 112 Å². The molecule has 0 spiro atoms. The maximum absolute atomic E-state index is 10.7. The van der Waals surface area contributed by atoms with Gasteiger partial charge in [0.05, 0.1) is 0 Å².